The van der Waals surface area contributed by atoms with E-state index in [1.165, 1.54) is 0 Å². The fourth-order valence-electron chi connectivity index (χ4n) is 2.90. The van der Waals surface area contributed by atoms with Crippen LogP contribution >= 0.6 is 11.3 Å². The number of aliphatic carboxylic acids is 1. The summed E-state index contributed by atoms with van der Waals surface area (Å²) < 4.78 is 1.13. The third kappa shape index (κ3) is 2.55. The first-order valence-electron chi connectivity index (χ1n) is 7.61. The van der Waals surface area contributed by atoms with Crippen LogP contribution in [-0.4, -0.2) is 28.5 Å². The number of carbonyl (C=O) groups excluding carboxylic acids is 1. The smallest absolute Gasteiger partial charge is 0.308 e. The quantitative estimate of drug-likeness (QED) is 0.794. The van der Waals surface area contributed by atoms with Crippen molar-refractivity contribution in [2.45, 2.75) is 6.42 Å². The lowest BCUT2D eigenvalue weighted by atomic mass is 10.1. The Bertz CT molecular complexity index is 900. The molecule has 1 fully saturated rings. The summed E-state index contributed by atoms with van der Waals surface area (Å²) in [6, 6.07) is 15.5. The average Bonchev–Trinajstić information content (AvgIpc) is 3.18. The van der Waals surface area contributed by atoms with Crippen LogP contribution in [0.4, 0.5) is 5.69 Å². The third-order valence-electron chi connectivity index (χ3n) is 4.19. The Morgan fingerprint density at radius 2 is 1.92 bits per heavy atom. The summed E-state index contributed by atoms with van der Waals surface area (Å²) in [5.74, 6) is -1.69. The van der Waals surface area contributed by atoms with E-state index >= 15 is 0 Å². The van der Waals surface area contributed by atoms with E-state index in [4.69, 9.17) is 5.11 Å². The summed E-state index contributed by atoms with van der Waals surface area (Å²) in [5.41, 5.74) is 2.69. The van der Waals surface area contributed by atoms with Crippen LogP contribution in [0, 0.1) is 5.92 Å². The van der Waals surface area contributed by atoms with Gasteiger partial charge in [0.2, 0.25) is 5.91 Å². The van der Waals surface area contributed by atoms with Gasteiger partial charge in [-0.25, -0.2) is 4.98 Å². The molecule has 120 valence electrons. The molecule has 1 amide bonds. The van der Waals surface area contributed by atoms with Gasteiger partial charge in [0.05, 0.1) is 16.1 Å². The topological polar surface area (TPSA) is 70.5 Å². The number of benzene rings is 2. The Labute approximate surface area is 142 Å². The van der Waals surface area contributed by atoms with E-state index in [-0.39, 0.29) is 18.9 Å². The molecule has 1 aliphatic heterocycles. The van der Waals surface area contributed by atoms with Crippen molar-refractivity contribution in [1.82, 2.24) is 4.98 Å². The Hall–Kier alpha value is -2.73. The van der Waals surface area contributed by atoms with Gasteiger partial charge in [0.1, 0.15) is 5.01 Å². The molecular weight excluding hydrogens is 324 g/mol. The number of carboxylic acids is 1. The standard InChI is InChI=1S/C18H14N2O3S/c21-16-9-12(18(22)23)10-20(16)13-7-5-11(6-8-13)17-19-14-3-1-2-4-15(14)24-17/h1-8,12H,9-10H2,(H,22,23)/t12-/m0/s1. The highest BCUT2D eigenvalue weighted by atomic mass is 32.1. The van der Waals surface area contributed by atoms with Gasteiger partial charge < -0.3 is 10.0 Å². The minimum Gasteiger partial charge on any atom is -0.481 e. The van der Waals surface area contributed by atoms with Gasteiger partial charge in [0.25, 0.3) is 0 Å². The summed E-state index contributed by atoms with van der Waals surface area (Å²) >= 11 is 1.62. The van der Waals surface area contributed by atoms with E-state index < -0.39 is 11.9 Å². The molecule has 24 heavy (non-hydrogen) atoms. The lowest BCUT2D eigenvalue weighted by Gasteiger charge is -2.16. The van der Waals surface area contributed by atoms with E-state index in [9.17, 15) is 9.59 Å². The fraction of sp³-hybridized carbons (Fsp3) is 0.167. The summed E-state index contributed by atoms with van der Waals surface area (Å²) in [4.78, 5) is 29.2. The van der Waals surface area contributed by atoms with Crippen molar-refractivity contribution in [2.75, 3.05) is 11.4 Å². The normalized spacial score (nSPS) is 17.6. The zero-order valence-corrected chi connectivity index (χ0v) is 13.5. The number of anilines is 1. The number of hydrogen-bond donors (Lipinski definition) is 1. The van der Waals surface area contributed by atoms with Gasteiger partial charge in [-0.05, 0) is 36.4 Å². The maximum absolute atomic E-state index is 12.0. The molecule has 0 bridgehead atoms. The van der Waals surface area contributed by atoms with Crippen molar-refractivity contribution >= 4 is 39.1 Å². The molecule has 1 aliphatic rings. The number of rotatable bonds is 3. The molecule has 1 N–H and O–H groups in total. The lowest BCUT2D eigenvalue weighted by molar-refractivity contribution is -0.141. The summed E-state index contributed by atoms with van der Waals surface area (Å²) in [5, 5.41) is 10.0. The van der Waals surface area contributed by atoms with Crippen molar-refractivity contribution < 1.29 is 14.7 Å². The van der Waals surface area contributed by atoms with Crippen LogP contribution in [0.3, 0.4) is 0 Å². The van der Waals surface area contributed by atoms with Crippen LogP contribution in [0.2, 0.25) is 0 Å². The number of amides is 1. The average molecular weight is 338 g/mol. The molecule has 0 aliphatic carbocycles. The van der Waals surface area contributed by atoms with Gasteiger partial charge in [-0.15, -0.1) is 11.3 Å². The van der Waals surface area contributed by atoms with E-state index in [0.717, 1.165) is 26.5 Å². The Morgan fingerprint density at radius 1 is 1.17 bits per heavy atom. The Morgan fingerprint density at radius 3 is 2.58 bits per heavy atom. The van der Waals surface area contributed by atoms with Gasteiger partial charge in [0, 0.05) is 24.2 Å². The molecule has 3 aromatic rings. The van der Waals surface area contributed by atoms with Crippen molar-refractivity contribution in [3.63, 3.8) is 0 Å². The van der Waals surface area contributed by atoms with E-state index in [1.54, 1.807) is 16.2 Å². The maximum atomic E-state index is 12.0. The summed E-state index contributed by atoms with van der Waals surface area (Å²) in [7, 11) is 0. The summed E-state index contributed by atoms with van der Waals surface area (Å²) in [6.45, 7) is 0.231. The zero-order chi connectivity index (χ0) is 16.7. The maximum Gasteiger partial charge on any atom is 0.308 e. The van der Waals surface area contributed by atoms with Crippen molar-refractivity contribution in [3.05, 3.63) is 48.5 Å². The fourth-order valence-corrected chi connectivity index (χ4v) is 3.87. The molecule has 1 aromatic heterocycles. The first-order valence-corrected chi connectivity index (χ1v) is 8.42. The van der Waals surface area contributed by atoms with Crippen LogP contribution in [0.25, 0.3) is 20.8 Å². The predicted molar refractivity (Wildman–Crippen MR) is 93.2 cm³/mol. The number of fused-ring (bicyclic) bond motifs is 1. The molecule has 1 saturated heterocycles. The van der Waals surface area contributed by atoms with Crippen LogP contribution in [-0.2, 0) is 9.59 Å². The number of para-hydroxylation sites is 1. The molecule has 2 aromatic carbocycles. The SMILES string of the molecule is O=C(O)[C@H]1CC(=O)N(c2ccc(-c3nc4ccccc4s3)cc2)C1. The molecule has 5 nitrogen and oxygen atoms in total. The number of carboxylic acid groups (broad SMARTS) is 1. The first-order chi connectivity index (χ1) is 11.6. The largest absolute Gasteiger partial charge is 0.481 e. The van der Waals surface area contributed by atoms with E-state index in [2.05, 4.69) is 4.98 Å². The van der Waals surface area contributed by atoms with Crippen LogP contribution < -0.4 is 4.90 Å². The number of hydrogen-bond acceptors (Lipinski definition) is 4. The predicted octanol–water partition coefficient (Wildman–Crippen LogP) is 3.40. The number of aromatic nitrogens is 1. The second-order valence-electron chi connectivity index (χ2n) is 5.78. The van der Waals surface area contributed by atoms with Gasteiger partial charge in [0.15, 0.2) is 0 Å². The highest BCUT2D eigenvalue weighted by Gasteiger charge is 2.34. The molecule has 0 unspecified atom stereocenters. The minimum absolute atomic E-state index is 0.0644. The molecule has 0 spiro atoms. The third-order valence-corrected chi connectivity index (χ3v) is 5.28. The zero-order valence-electron chi connectivity index (χ0n) is 12.7. The van der Waals surface area contributed by atoms with Crippen LogP contribution in [0.1, 0.15) is 6.42 Å². The number of carbonyl (C=O) groups is 2. The molecule has 0 radical (unpaired) electrons. The van der Waals surface area contributed by atoms with Gasteiger partial charge in [-0.3, -0.25) is 9.59 Å². The van der Waals surface area contributed by atoms with Crippen molar-refractivity contribution in [3.8, 4) is 10.6 Å². The Balaban J connectivity index is 1.61. The minimum atomic E-state index is -0.919. The Kier molecular flexibility index (Phi) is 3.54. The van der Waals surface area contributed by atoms with E-state index in [1.807, 2.05) is 48.5 Å². The van der Waals surface area contributed by atoms with Gasteiger partial charge in [-0.1, -0.05) is 12.1 Å². The first kappa shape index (κ1) is 14.8. The second-order valence-corrected chi connectivity index (χ2v) is 6.81. The highest BCUT2D eigenvalue weighted by Crippen LogP contribution is 2.32. The highest BCUT2D eigenvalue weighted by molar-refractivity contribution is 7.21. The molecule has 0 saturated carbocycles. The van der Waals surface area contributed by atoms with Gasteiger partial charge in [-0.2, -0.15) is 0 Å². The van der Waals surface area contributed by atoms with Crippen LogP contribution in [0.5, 0.6) is 0 Å². The van der Waals surface area contributed by atoms with Gasteiger partial charge >= 0.3 is 5.97 Å². The number of thiazole rings is 1. The number of nitrogens with zero attached hydrogens (tertiary/aromatic N) is 2. The molecule has 6 heteroatoms. The monoisotopic (exact) mass is 338 g/mol. The summed E-state index contributed by atoms with van der Waals surface area (Å²) in [6.07, 6.45) is 0.0644. The second kappa shape index (κ2) is 5.72. The molecular formula is C18H14N2O3S. The van der Waals surface area contributed by atoms with E-state index in [0.29, 0.717) is 0 Å². The lowest BCUT2D eigenvalue weighted by Crippen LogP contribution is -2.25. The van der Waals surface area contributed by atoms with Crippen LogP contribution in [0.15, 0.2) is 48.5 Å². The molecule has 1 atom stereocenters. The molecule has 2 heterocycles. The van der Waals surface area contributed by atoms with Crippen molar-refractivity contribution in [1.29, 1.82) is 0 Å². The molecule has 4 rings (SSSR count). The van der Waals surface area contributed by atoms with Crippen molar-refractivity contribution in [2.24, 2.45) is 5.92 Å².